The maximum Gasteiger partial charge on any atom is 0.163 e. The number of piperazine rings is 1. The summed E-state index contributed by atoms with van der Waals surface area (Å²) < 4.78 is 27.9. The van der Waals surface area contributed by atoms with Crippen molar-refractivity contribution in [3.63, 3.8) is 0 Å². The molecular formula is C15H22F2N2. The molecule has 0 aliphatic carbocycles. The molecule has 1 aromatic rings. The molecule has 0 unspecified atom stereocenters. The summed E-state index contributed by atoms with van der Waals surface area (Å²) in [6.07, 6.45) is 1.82. The molecule has 19 heavy (non-hydrogen) atoms. The van der Waals surface area contributed by atoms with Gasteiger partial charge in [0, 0.05) is 37.8 Å². The van der Waals surface area contributed by atoms with Crippen molar-refractivity contribution in [1.82, 2.24) is 10.2 Å². The molecule has 1 atom stereocenters. The summed E-state index contributed by atoms with van der Waals surface area (Å²) in [7, 11) is 0. The summed E-state index contributed by atoms with van der Waals surface area (Å²) >= 11 is 0. The zero-order valence-electron chi connectivity index (χ0n) is 11.7. The Hall–Kier alpha value is -1.00. The maximum atomic E-state index is 14.2. The van der Waals surface area contributed by atoms with Gasteiger partial charge in [0.2, 0.25) is 0 Å². The molecule has 4 heteroatoms. The highest BCUT2D eigenvalue weighted by molar-refractivity contribution is 5.28. The third-order valence-electron chi connectivity index (χ3n) is 3.82. The molecule has 1 aliphatic rings. The molecule has 0 aromatic heterocycles. The second-order valence-electron chi connectivity index (χ2n) is 5.19. The summed E-state index contributed by atoms with van der Waals surface area (Å²) in [6.45, 7) is 7.28. The molecule has 0 spiro atoms. The highest BCUT2D eigenvalue weighted by atomic mass is 19.2. The number of nitrogens with zero attached hydrogens (tertiary/aromatic N) is 1. The molecule has 1 heterocycles. The summed E-state index contributed by atoms with van der Waals surface area (Å²) in [5, 5.41) is 3.29. The molecule has 0 saturated carbocycles. The number of hydrogen-bond donors (Lipinski definition) is 1. The van der Waals surface area contributed by atoms with E-state index in [1.807, 2.05) is 0 Å². The van der Waals surface area contributed by atoms with Crippen LogP contribution >= 0.6 is 0 Å². The molecule has 1 aliphatic heterocycles. The van der Waals surface area contributed by atoms with Crippen molar-refractivity contribution >= 4 is 0 Å². The Morgan fingerprint density at radius 3 is 2.53 bits per heavy atom. The van der Waals surface area contributed by atoms with Gasteiger partial charge in [-0.05, 0) is 18.9 Å². The Bertz CT molecular complexity index is 428. The first kappa shape index (κ1) is 14.4. The van der Waals surface area contributed by atoms with Gasteiger partial charge in [0.05, 0.1) is 0 Å². The van der Waals surface area contributed by atoms with E-state index in [1.165, 1.54) is 0 Å². The Kier molecular flexibility index (Phi) is 4.88. The molecule has 1 N–H and O–H groups in total. The van der Waals surface area contributed by atoms with Crippen LogP contribution in [0, 0.1) is 18.6 Å². The van der Waals surface area contributed by atoms with Crippen LogP contribution in [0.3, 0.4) is 0 Å². The van der Waals surface area contributed by atoms with Crippen molar-refractivity contribution in [3.05, 3.63) is 34.9 Å². The minimum absolute atomic E-state index is 0.0119. The van der Waals surface area contributed by atoms with Gasteiger partial charge in [0.25, 0.3) is 0 Å². The lowest BCUT2D eigenvalue weighted by atomic mass is 9.98. The Morgan fingerprint density at radius 1 is 1.21 bits per heavy atom. The van der Waals surface area contributed by atoms with Crippen LogP contribution < -0.4 is 5.32 Å². The number of nitrogens with one attached hydrogen (secondary N) is 1. The van der Waals surface area contributed by atoms with Crippen LogP contribution in [-0.2, 0) is 0 Å². The van der Waals surface area contributed by atoms with Gasteiger partial charge in [-0.2, -0.15) is 0 Å². The average molecular weight is 268 g/mol. The zero-order chi connectivity index (χ0) is 13.8. The first-order chi connectivity index (χ1) is 9.15. The van der Waals surface area contributed by atoms with Crippen molar-refractivity contribution in [2.75, 3.05) is 26.2 Å². The van der Waals surface area contributed by atoms with Crippen molar-refractivity contribution < 1.29 is 8.78 Å². The van der Waals surface area contributed by atoms with Gasteiger partial charge in [0.15, 0.2) is 11.6 Å². The number of rotatable bonds is 4. The van der Waals surface area contributed by atoms with E-state index in [-0.39, 0.29) is 6.04 Å². The molecule has 2 rings (SSSR count). The van der Waals surface area contributed by atoms with Gasteiger partial charge in [-0.15, -0.1) is 0 Å². The molecule has 1 saturated heterocycles. The third kappa shape index (κ3) is 3.12. The Balaban J connectivity index is 2.30. The predicted molar refractivity (Wildman–Crippen MR) is 73.2 cm³/mol. The van der Waals surface area contributed by atoms with Crippen LogP contribution in [0.4, 0.5) is 8.78 Å². The smallest absolute Gasteiger partial charge is 0.163 e. The van der Waals surface area contributed by atoms with Crippen LogP contribution in [0.15, 0.2) is 12.1 Å². The summed E-state index contributed by atoms with van der Waals surface area (Å²) in [4.78, 5) is 2.26. The quantitative estimate of drug-likeness (QED) is 0.903. The van der Waals surface area contributed by atoms with Gasteiger partial charge >= 0.3 is 0 Å². The van der Waals surface area contributed by atoms with E-state index >= 15 is 0 Å². The number of aryl methyl sites for hydroxylation is 1. The molecule has 1 fully saturated rings. The van der Waals surface area contributed by atoms with Gasteiger partial charge in [-0.3, -0.25) is 4.90 Å². The fourth-order valence-electron chi connectivity index (χ4n) is 2.72. The van der Waals surface area contributed by atoms with E-state index < -0.39 is 11.6 Å². The van der Waals surface area contributed by atoms with Gasteiger partial charge in [-0.1, -0.05) is 25.5 Å². The Labute approximate surface area is 113 Å². The first-order valence-corrected chi connectivity index (χ1v) is 7.04. The fraction of sp³-hybridized carbons (Fsp3) is 0.600. The van der Waals surface area contributed by atoms with Gasteiger partial charge < -0.3 is 5.32 Å². The second kappa shape index (κ2) is 6.44. The summed E-state index contributed by atoms with van der Waals surface area (Å²) in [6, 6.07) is 3.41. The highest BCUT2D eigenvalue weighted by Crippen LogP contribution is 2.30. The molecule has 1 aromatic carbocycles. The standard InChI is InChI=1S/C15H22F2N2/c1-3-4-13(19-9-7-18-8-10-19)12-6-5-11(2)14(16)15(12)17/h5-6,13,18H,3-4,7-10H2,1-2H3/t13-/m0/s1. The van der Waals surface area contributed by atoms with Crippen molar-refractivity contribution in [1.29, 1.82) is 0 Å². The third-order valence-corrected chi connectivity index (χ3v) is 3.82. The van der Waals surface area contributed by atoms with E-state index in [2.05, 4.69) is 17.1 Å². The average Bonchev–Trinajstić information content (AvgIpc) is 2.44. The number of benzene rings is 1. The lowest BCUT2D eigenvalue weighted by Crippen LogP contribution is -2.45. The molecule has 0 radical (unpaired) electrons. The molecule has 106 valence electrons. The molecule has 2 nitrogen and oxygen atoms in total. The van der Waals surface area contributed by atoms with E-state index in [4.69, 9.17) is 0 Å². The fourth-order valence-corrected chi connectivity index (χ4v) is 2.72. The van der Waals surface area contributed by atoms with Crippen LogP contribution in [0.2, 0.25) is 0 Å². The van der Waals surface area contributed by atoms with E-state index in [9.17, 15) is 8.78 Å². The summed E-state index contributed by atoms with van der Waals surface area (Å²) in [5.41, 5.74) is 0.878. The monoisotopic (exact) mass is 268 g/mol. The largest absolute Gasteiger partial charge is 0.314 e. The predicted octanol–water partition coefficient (Wildman–Crippen LogP) is 3.02. The number of halogens is 2. The lowest BCUT2D eigenvalue weighted by Gasteiger charge is -2.35. The molecule has 0 bridgehead atoms. The van der Waals surface area contributed by atoms with E-state index in [0.717, 1.165) is 39.0 Å². The highest BCUT2D eigenvalue weighted by Gasteiger charge is 2.25. The minimum atomic E-state index is -0.700. The van der Waals surface area contributed by atoms with Crippen molar-refractivity contribution in [2.45, 2.75) is 32.7 Å². The number of hydrogen-bond acceptors (Lipinski definition) is 2. The van der Waals surface area contributed by atoms with E-state index in [0.29, 0.717) is 11.1 Å². The normalized spacial score (nSPS) is 18.5. The van der Waals surface area contributed by atoms with Gasteiger partial charge in [-0.25, -0.2) is 8.78 Å². The van der Waals surface area contributed by atoms with Crippen molar-refractivity contribution in [3.8, 4) is 0 Å². The zero-order valence-corrected chi connectivity index (χ0v) is 11.7. The van der Waals surface area contributed by atoms with Crippen molar-refractivity contribution in [2.24, 2.45) is 0 Å². The molecule has 0 amide bonds. The van der Waals surface area contributed by atoms with Gasteiger partial charge in [0.1, 0.15) is 0 Å². The lowest BCUT2D eigenvalue weighted by molar-refractivity contribution is 0.160. The van der Waals surface area contributed by atoms with Crippen LogP contribution in [0.25, 0.3) is 0 Å². The first-order valence-electron chi connectivity index (χ1n) is 7.04. The minimum Gasteiger partial charge on any atom is -0.314 e. The second-order valence-corrected chi connectivity index (χ2v) is 5.19. The van der Waals surface area contributed by atoms with E-state index in [1.54, 1.807) is 19.1 Å². The summed E-state index contributed by atoms with van der Waals surface area (Å²) in [5.74, 6) is -1.37. The molecular weight excluding hydrogens is 246 g/mol. The SMILES string of the molecule is CCC[C@@H](c1ccc(C)c(F)c1F)N1CCNCC1. The van der Waals surface area contributed by atoms with Crippen LogP contribution in [0.5, 0.6) is 0 Å². The van der Waals surface area contributed by atoms with Crippen LogP contribution in [-0.4, -0.2) is 31.1 Å². The maximum absolute atomic E-state index is 14.2. The van der Waals surface area contributed by atoms with Crippen LogP contribution in [0.1, 0.15) is 36.9 Å². The topological polar surface area (TPSA) is 15.3 Å². The Morgan fingerprint density at radius 2 is 1.89 bits per heavy atom.